The van der Waals surface area contributed by atoms with Crippen LogP contribution in [0, 0.1) is 6.92 Å². The van der Waals surface area contributed by atoms with Gasteiger partial charge in [0.15, 0.2) is 5.16 Å². The maximum atomic E-state index is 14.0. The van der Waals surface area contributed by atoms with Gasteiger partial charge in [0.2, 0.25) is 11.8 Å². The summed E-state index contributed by atoms with van der Waals surface area (Å²) in [5, 5.41) is 6.58. The van der Waals surface area contributed by atoms with Gasteiger partial charge in [-0.3, -0.25) is 19.0 Å². The SMILES string of the molecule is CC(=O)Nc1ccc(NC(=O)CSc2nc3sc(C)c(-c4ccccc4)c3c(=O)n2-c2ccccc2)cc1. The van der Waals surface area contributed by atoms with Crippen LogP contribution in [0.3, 0.4) is 0 Å². The summed E-state index contributed by atoms with van der Waals surface area (Å²) in [7, 11) is 0. The summed E-state index contributed by atoms with van der Waals surface area (Å²) < 4.78 is 1.58. The van der Waals surface area contributed by atoms with Crippen LogP contribution in [0.2, 0.25) is 0 Å². The summed E-state index contributed by atoms with van der Waals surface area (Å²) in [6.45, 7) is 3.44. The summed E-state index contributed by atoms with van der Waals surface area (Å²) >= 11 is 2.69. The molecule has 2 heterocycles. The van der Waals surface area contributed by atoms with Crippen LogP contribution in [0.15, 0.2) is 94.9 Å². The molecule has 3 aromatic carbocycles. The molecule has 0 bridgehead atoms. The van der Waals surface area contributed by atoms with E-state index >= 15 is 0 Å². The van der Waals surface area contributed by atoms with Gasteiger partial charge in [-0.15, -0.1) is 11.3 Å². The second-order valence-electron chi connectivity index (χ2n) is 8.55. The van der Waals surface area contributed by atoms with E-state index in [1.165, 1.54) is 30.0 Å². The molecule has 0 fully saturated rings. The highest BCUT2D eigenvalue weighted by atomic mass is 32.2. The van der Waals surface area contributed by atoms with Crippen LogP contribution >= 0.6 is 23.1 Å². The number of thiophene rings is 1. The molecule has 9 heteroatoms. The monoisotopic (exact) mass is 540 g/mol. The number of carbonyl (C=O) groups is 2. The van der Waals surface area contributed by atoms with Gasteiger partial charge < -0.3 is 10.6 Å². The number of para-hydroxylation sites is 1. The first-order chi connectivity index (χ1) is 18.4. The van der Waals surface area contributed by atoms with Crippen LogP contribution in [0.25, 0.3) is 27.0 Å². The molecule has 0 aliphatic rings. The molecule has 2 amide bonds. The minimum absolute atomic E-state index is 0.0636. The van der Waals surface area contributed by atoms with Crippen LogP contribution in [-0.4, -0.2) is 27.1 Å². The molecule has 2 N–H and O–H groups in total. The maximum Gasteiger partial charge on any atom is 0.268 e. The molecule has 38 heavy (non-hydrogen) atoms. The number of aryl methyl sites for hydroxylation is 1. The van der Waals surface area contributed by atoms with E-state index in [-0.39, 0.29) is 23.1 Å². The van der Waals surface area contributed by atoms with Crippen LogP contribution in [-0.2, 0) is 9.59 Å². The zero-order chi connectivity index (χ0) is 26.6. The van der Waals surface area contributed by atoms with Crippen LogP contribution in [0.1, 0.15) is 11.8 Å². The maximum absolute atomic E-state index is 14.0. The average molecular weight is 541 g/mol. The topological polar surface area (TPSA) is 93.1 Å². The van der Waals surface area contributed by atoms with Crippen LogP contribution in [0.5, 0.6) is 0 Å². The lowest BCUT2D eigenvalue weighted by Gasteiger charge is -2.13. The number of thioether (sulfide) groups is 1. The van der Waals surface area contributed by atoms with Crippen molar-refractivity contribution in [3.8, 4) is 16.8 Å². The number of nitrogens with one attached hydrogen (secondary N) is 2. The molecule has 0 unspecified atom stereocenters. The molecule has 0 atom stereocenters. The van der Waals surface area contributed by atoms with Gasteiger partial charge in [-0.1, -0.05) is 60.3 Å². The molecule has 0 aliphatic carbocycles. The van der Waals surface area contributed by atoms with E-state index in [2.05, 4.69) is 10.6 Å². The first-order valence-corrected chi connectivity index (χ1v) is 13.7. The molecule has 7 nitrogen and oxygen atoms in total. The van der Waals surface area contributed by atoms with Gasteiger partial charge in [0.05, 0.1) is 16.8 Å². The third kappa shape index (κ3) is 5.39. The highest BCUT2D eigenvalue weighted by Crippen LogP contribution is 2.37. The van der Waals surface area contributed by atoms with Gasteiger partial charge in [0.25, 0.3) is 5.56 Å². The van der Waals surface area contributed by atoms with E-state index in [0.717, 1.165) is 16.0 Å². The highest BCUT2D eigenvalue weighted by molar-refractivity contribution is 7.99. The number of nitrogens with zero attached hydrogens (tertiary/aromatic N) is 2. The Balaban J connectivity index is 1.47. The van der Waals surface area contributed by atoms with Gasteiger partial charge in [0, 0.05) is 28.7 Å². The number of hydrogen-bond donors (Lipinski definition) is 2. The Labute approximate surface area is 227 Å². The first kappa shape index (κ1) is 25.4. The Bertz CT molecular complexity index is 1680. The number of fused-ring (bicyclic) bond motifs is 1. The Morgan fingerprint density at radius 1 is 0.895 bits per heavy atom. The largest absolute Gasteiger partial charge is 0.326 e. The van der Waals surface area contributed by atoms with Crippen molar-refractivity contribution in [2.75, 3.05) is 16.4 Å². The fourth-order valence-corrected chi connectivity index (χ4v) is 6.06. The summed E-state index contributed by atoms with van der Waals surface area (Å²) in [5.74, 6) is -0.332. The summed E-state index contributed by atoms with van der Waals surface area (Å²) in [6.07, 6.45) is 0. The second kappa shape index (κ2) is 11.0. The van der Waals surface area contributed by atoms with Crippen molar-refractivity contribution in [2.45, 2.75) is 19.0 Å². The summed E-state index contributed by atoms with van der Waals surface area (Å²) in [6, 6.07) is 26.1. The number of benzene rings is 3. The van der Waals surface area contributed by atoms with Crippen molar-refractivity contribution >= 4 is 56.5 Å². The predicted molar refractivity (Wildman–Crippen MR) is 155 cm³/mol. The van der Waals surface area contributed by atoms with E-state index in [1.807, 2.05) is 67.6 Å². The van der Waals surface area contributed by atoms with E-state index in [0.29, 0.717) is 32.4 Å². The van der Waals surface area contributed by atoms with Gasteiger partial charge in [-0.05, 0) is 48.9 Å². The van der Waals surface area contributed by atoms with E-state index < -0.39 is 0 Å². The van der Waals surface area contributed by atoms with Crippen molar-refractivity contribution < 1.29 is 9.59 Å². The van der Waals surface area contributed by atoms with Gasteiger partial charge in [0.1, 0.15) is 4.83 Å². The molecule has 5 aromatic rings. The lowest BCUT2D eigenvalue weighted by atomic mass is 10.0. The zero-order valence-corrected chi connectivity index (χ0v) is 22.4. The van der Waals surface area contributed by atoms with Crippen LogP contribution in [0.4, 0.5) is 11.4 Å². The minimum Gasteiger partial charge on any atom is -0.326 e. The zero-order valence-electron chi connectivity index (χ0n) is 20.7. The van der Waals surface area contributed by atoms with E-state index in [1.54, 1.807) is 28.8 Å². The molecular weight excluding hydrogens is 516 g/mol. The van der Waals surface area contributed by atoms with Gasteiger partial charge in [-0.2, -0.15) is 0 Å². The van der Waals surface area contributed by atoms with Gasteiger partial charge in [-0.25, -0.2) is 4.98 Å². The smallest absolute Gasteiger partial charge is 0.268 e. The van der Waals surface area contributed by atoms with E-state index in [9.17, 15) is 14.4 Å². The quantitative estimate of drug-likeness (QED) is 0.192. The number of rotatable bonds is 7. The molecule has 0 saturated heterocycles. The molecular formula is C29H24N4O3S2. The predicted octanol–water partition coefficient (Wildman–Crippen LogP) is 6.11. The molecule has 2 aromatic heterocycles. The van der Waals surface area contributed by atoms with Crippen LogP contribution < -0.4 is 16.2 Å². The number of aromatic nitrogens is 2. The van der Waals surface area contributed by atoms with Crippen molar-refractivity contribution in [3.63, 3.8) is 0 Å². The first-order valence-electron chi connectivity index (χ1n) is 11.9. The molecule has 0 spiro atoms. The second-order valence-corrected chi connectivity index (χ2v) is 10.7. The lowest BCUT2D eigenvalue weighted by Crippen LogP contribution is -2.22. The fourth-order valence-electron chi connectivity index (χ4n) is 4.16. The third-order valence-electron chi connectivity index (χ3n) is 5.77. The van der Waals surface area contributed by atoms with E-state index in [4.69, 9.17) is 4.98 Å². The molecule has 0 saturated carbocycles. The molecule has 190 valence electrons. The fraction of sp³-hybridized carbons (Fsp3) is 0.103. The normalized spacial score (nSPS) is 10.9. The lowest BCUT2D eigenvalue weighted by molar-refractivity contribution is -0.114. The Kier molecular flexibility index (Phi) is 7.39. The summed E-state index contributed by atoms with van der Waals surface area (Å²) in [4.78, 5) is 44.5. The van der Waals surface area contributed by atoms with Crippen molar-refractivity contribution in [1.29, 1.82) is 0 Å². The van der Waals surface area contributed by atoms with Gasteiger partial charge >= 0.3 is 0 Å². The average Bonchev–Trinajstić information content (AvgIpc) is 3.25. The molecule has 0 radical (unpaired) electrons. The minimum atomic E-state index is -0.233. The van der Waals surface area contributed by atoms with Crippen molar-refractivity contribution in [2.24, 2.45) is 0 Å². The number of hydrogen-bond acceptors (Lipinski definition) is 6. The molecule has 5 rings (SSSR count). The highest BCUT2D eigenvalue weighted by Gasteiger charge is 2.21. The standard InChI is InChI=1S/C29H24N4O3S2/c1-18-25(20-9-5-3-6-10-20)26-27(38-18)32-29(33(28(26)36)23-11-7-4-8-12-23)37-17-24(35)31-22-15-13-21(14-16-22)30-19(2)34/h3-16H,17H2,1-2H3,(H,30,34)(H,31,35). The van der Waals surface area contributed by atoms with Crippen molar-refractivity contribution in [1.82, 2.24) is 9.55 Å². The number of carbonyl (C=O) groups excluding carboxylic acids is 2. The third-order valence-corrected chi connectivity index (χ3v) is 7.71. The Morgan fingerprint density at radius 3 is 2.13 bits per heavy atom. The Hall–Kier alpha value is -4.21. The molecule has 0 aliphatic heterocycles. The number of amides is 2. The Morgan fingerprint density at radius 2 is 1.50 bits per heavy atom. The summed E-state index contributed by atoms with van der Waals surface area (Å²) in [5.41, 5.74) is 3.64. The van der Waals surface area contributed by atoms with Crippen molar-refractivity contribution in [3.05, 3.63) is 100 Å². The number of anilines is 2.